The first-order valence-corrected chi connectivity index (χ1v) is 7.03. The maximum Gasteiger partial charge on any atom is 0.309 e. The molecule has 1 amide bonds. The topological polar surface area (TPSA) is 116 Å². The third-order valence-corrected chi connectivity index (χ3v) is 4.02. The molecular weight excluding hydrogens is 280 g/mol. The Kier molecular flexibility index (Phi) is 5.13. The van der Waals surface area contributed by atoms with E-state index >= 15 is 0 Å². The summed E-state index contributed by atoms with van der Waals surface area (Å²) in [6.45, 7) is 2.01. The summed E-state index contributed by atoms with van der Waals surface area (Å²) in [5.74, 6) is -4.41. The Morgan fingerprint density at radius 3 is 2.48 bits per heavy atom. The summed E-state index contributed by atoms with van der Waals surface area (Å²) in [5.41, 5.74) is 0. The maximum absolute atomic E-state index is 12.2. The van der Waals surface area contributed by atoms with E-state index in [0.29, 0.717) is 19.8 Å². The minimum absolute atomic E-state index is 0.0429. The lowest BCUT2D eigenvalue weighted by molar-refractivity contribution is -0.159. The second kappa shape index (κ2) is 6.86. The molecule has 0 aromatic heterocycles. The summed E-state index contributed by atoms with van der Waals surface area (Å²) in [5, 5.41) is 21.4. The molecule has 0 saturated carbocycles. The number of carboxylic acids is 2. The predicted octanol–water partition coefficient (Wildman–Crippen LogP) is -1.00. The van der Waals surface area contributed by atoms with Crippen molar-refractivity contribution < 1.29 is 29.3 Å². The van der Waals surface area contributed by atoms with Crippen LogP contribution in [0.4, 0.5) is 0 Å². The number of carbonyl (C=O) groups is 3. The van der Waals surface area contributed by atoms with E-state index in [4.69, 9.17) is 14.9 Å². The van der Waals surface area contributed by atoms with Gasteiger partial charge in [-0.3, -0.25) is 14.4 Å². The zero-order chi connectivity index (χ0) is 15.4. The number of carbonyl (C=O) groups excluding carboxylic acids is 1. The first-order chi connectivity index (χ1) is 9.99. The number of nitrogens with zero attached hydrogens (tertiary/aromatic N) is 1. The summed E-state index contributed by atoms with van der Waals surface area (Å²) in [4.78, 5) is 35.9. The van der Waals surface area contributed by atoms with Crippen molar-refractivity contribution in [2.45, 2.75) is 18.9 Å². The second-order valence-electron chi connectivity index (χ2n) is 5.45. The van der Waals surface area contributed by atoms with Gasteiger partial charge >= 0.3 is 11.9 Å². The van der Waals surface area contributed by atoms with Crippen LogP contribution in [0.2, 0.25) is 0 Å². The molecule has 2 aliphatic rings. The van der Waals surface area contributed by atoms with Gasteiger partial charge in [0, 0.05) is 32.1 Å². The fourth-order valence-electron chi connectivity index (χ4n) is 2.82. The quantitative estimate of drug-likeness (QED) is 0.609. The van der Waals surface area contributed by atoms with E-state index in [-0.39, 0.29) is 37.9 Å². The Morgan fingerprint density at radius 2 is 1.90 bits per heavy atom. The fraction of sp³-hybridized carbons (Fsp3) is 0.769. The number of hydrogen-bond acceptors (Lipinski definition) is 5. The standard InChI is InChI=1S/C13H20N2O6/c16-11(5-8-7-21-4-2-14-8)15-3-1-9(12(17)18)10(6-15)13(19)20/h8-10,14H,1-7H2,(H,17,18)(H,19,20). The third kappa shape index (κ3) is 3.92. The number of nitrogens with one attached hydrogen (secondary N) is 1. The third-order valence-electron chi connectivity index (χ3n) is 4.02. The summed E-state index contributed by atoms with van der Waals surface area (Å²) in [7, 11) is 0. The molecule has 2 fully saturated rings. The maximum atomic E-state index is 12.2. The lowest BCUT2D eigenvalue weighted by Crippen LogP contribution is -2.51. The van der Waals surface area contributed by atoms with Gasteiger partial charge in [-0.05, 0) is 6.42 Å². The van der Waals surface area contributed by atoms with Crippen molar-refractivity contribution in [2.75, 3.05) is 32.8 Å². The Hall–Kier alpha value is -1.67. The molecule has 3 unspecified atom stereocenters. The first-order valence-electron chi connectivity index (χ1n) is 7.03. The highest BCUT2D eigenvalue weighted by Gasteiger charge is 2.40. The van der Waals surface area contributed by atoms with Crippen LogP contribution in [0.3, 0.4) is 0 Å². The number of ether oxygens (including phenoxy) is 1. The predicted molar refractivity (Wildman–Crippen MR) is 70.7 cm³/mol. The average Bonchev–Trinajstić information content (AvgIpc) is 2.47. The second-order valence-corrected chi connectivity index (χ2v) is 5.45. The molecule has 2 saturated heterocycles. The van der Waals surface area contributed by atoms with Crippen molar-refractivity contribution in [2.24, 2.45) is 11.8 Å². The van der Waals surface area contributed by atoms with Gasteiger partial charge in [-0.1, -0.05) is 0 Å². The largest absolute Gasteiger partial charge is 0.481 e. The number of morpholine rings is 1. The molecule has 0 aromatic rings. The summed E-state index contributed by atoms with van der Waals surface area (Å²) < 4.78 is 5.27. The molecule has 2 rings (SSSR count). The van der Waals surface area contributed by atoms with Gasteiger partial charge in [0.05, 0.1) is 25.0 Å². The molecule has 2 aliphatic heterocycles. The smallest absolute Gasteiger partial charge is 0.309 e. The van der Waals surface area contributed by atoms with Gasteiger partial charge in [0.1, 0.15) is 0 Å². The number of likely N-dealkylation sites (tertiary alicyclic amines) is 1. The Morgan fingerprint density at radius 1 is 1.19 bits per heavy atom. The van der Waals surface area contributed by atoms with Crippen molar-refractivity contribution in [3.63, 3.8) is 0 Å². The molecule has 8 nitrogen and oxygen atoms in total. The average molecular weight is 300 g/mol. The van der Waals surface area contributed by atoms with E-state index < -0.39 is 23.8 Å². The first kappa shape index (κ1) is 15.7. The molecule has 0 bridgehead atoms. The minimum Gasteiger partial charge on any atom is -0.481 e. The fourth-order valence-corrected chi connectivity index (χ4v) is 2.82. The number of amides is 1. The molecule has 3 N–H and O–H groups in total. The van der Waals surface area contributed by atoms with Crippen LogP contribution in [0.25, 0.3) is 0 Å². The van der Waals surface area contributed by atoms with Crippen molar-refractivity contribution in [3.05, 3.63) is 0 Å². The van der Waals surface area contributed by atoms with E-state index in [1.54, 1.807) is 0 Å². The molecule has 118 valence electrons. The lowest BCUT2D eigenvalue weighted by atomic mass is 9.85. The molecule has 8 heteroatoms. The monoisotopic (exact) mass is 300 g/mol. The SMILES string of the molecule is O=C(O)C1CCN(C(=O)CC2COCCN2)CC1C(=O)O. The van der Waals surface area contributed by atoms with Crippen molar-refractivity contribution in [1.82, 2.24) is 10.2 Å². The van der Waals surface area contributed by atoms with E-state index in [9.17, 15) is 14.4 Å². The normalized spacial score (nSPS) is 29.9. The van der Waals surface area contributed by atoms with E-state index in [1.807, 2.05) is 0 Å². The van der Waals surface area contributed by atoms with Gasteiger partial charge in [0.25, 0.3) is 0 Å². The van der Waals surface area contributed by atoms with Crippen LogP contribution in [0.15, 0.2) is 0 Å². The summed E-state index contributed by atoms with van der Waals surface area (Å²) in [6, 6.07) is -0.0632. The van der Waals surface area contributed by atoms with Gasteiger partial charge in [0.15, 0.2) is 0 Å². The van der Waals surface area contributed by atoms with Crippen molar-refractivity contribution in [1.29, 1.82) is 0 Å². The molecule has 21 heavy (non-hydrogen) atoms. The number of aliphatic carboxylic acids is 2. The number of piperidine rings is 1. The summed E-state index contributed by atoms with van der Waals surface area (Å²) >= 11 is 0. The zero-order valence-corrected chi connectivity index (χ0v) is 11.7. The zero-order valence-electron chi connectivity index (χ0n) is 11.7. The van der Waals surface area contributed by atoms with E-state index in [2.05, 4.69) is 5.32 Å². The van der Waals surface area contributed by atoms with Crippen molar-refractivity contribution >= 4 is 17.8 Å². The Labute approximate surface area is 122 Å². The van der Waals surface area contributed by atoms with Gasteiger partial charge in [-0.15, -0.1) is 0 Å². The minimum atomic E-state index is -1.17. The number of hydrogen-bond donors (Lipinski definition) is 3. The van der Waals surface area contributed by atoms with Crippen LogP contribution in [0.1, 0.15) is 12.8 Å². The highest BCUT2D eigenvalue weighted by atomic mass is 16.5. The molecule has 0 aliphatic carbocycles. The number of carboxylic acid groups (broad SMARTS) is 2. The highest BCUT2D eigenvalue weighted by molar-refractivity contribution is 5.83. The van der Waals surface area contributed by atoms with Crippen LogP contribution < -0.4 is 5.32 Å². The van der Waals surface area contributed by atoms with Crippen LogP contribution >= 0.6 is 0 Å². The Bertz CT molecular complexity index is 421. The van der Waals surface area contributed by atoms with Gasteiger partial charge in [-0.2, -0.15) is 0 Å². The van der Waals surface area contributed by atoms with Gasteiger partial charge < -0.3 is 25.2 Å². The molecule has 0 aromatic carbocycles. The van der Waals surface area contributed by atoms with Gasteiger partial charge in [-0.25, -0.2) is 0 Å². The highest BCUT2D eigenvalue weighted by Crippen LogP contribution is 2.25. The molecular formula is C13H20N2O6. The van der Waals surface area contributed by atoms with Crippen LogP contribution in [0.5, 0.6) is 0 Å². The lowest BCUT2D eigenvalue weighted by Gasteiger charge is -2.35. The molecule has 0 radical (unpaired) electrons. The van der Waals surface area contributed by atoms with Crippen LogP contribution in [-0.2, 0) is 19.1 Å². The molecule has 3 atom stereocenters. The van der Waals surface area contributed by atoms with Crippen molar-refractivity contribution in [3.8, 4) is 0 Å². The molecule has 0 spiro atoms. The van der Waals surface area contributed by atoms with E-state index in [1.165, 1.54) is 4.90 Å². The Balaban J connectivity index is 1.93. The van der Waals surface area contributed by atoms with Crippen LogP contribution in [-0.4, -0.2) is 71.8 Å². The molecule has 2 heterocycles. The van der Waals surface area contributed by atoms with Gasteiger partial charge in [0.2, 0.25) is 5.91 Å². The number of rotatable bonds is 4. The van der Waals surface area contributed by atoms with E-state index in [0.717, 1.165) is 0 Å². The summed E-state index contributed by atoms with van der Waals surface area (Å²) in [6.07, 6.45) is 0.413. The van der Waals surface area contributed by atoms with Crippen LogP contribution in [0, 0.1) is 11.8 Å².